The third kappa shape index (κ3) is 4.42. The lowest BCUT2D eigenvalue weighted by molar-refractivity contribution is 0.132. The fourth-order valence-electron chi connectivity index (χ4n) is 2.80. The third-order valence-corrected chi connectivity index (χ3v) is 3.82. The summed E-state index contributed by atoms with van der Waals surface area (Å²) < 4.78 is 0. The maximum Gasteiger partial charge on any atom is 0.00925 e. The second kappa shape index (κ2) is 8.08. The number of nitrogens with one attached hydrogen (secondary N) is 1. The summed E-state index contributed by atoms with van der Waals surface area (Å²) >= 11 is 0. The summed E-state index contributed by atoms with van der Waals surface area (Å²) in [5.74, 6) is 0. The largest absolute Gasteiger partial charge is 0.314 e. The topological polar surface area (TPSA) is 15.3 Å². The van der Waals surface area contributed by atoms with Crippen LogP contribution in [0.25, 0.3) is 0 Å². The van der Waals surface area contributed by atoms with Crippen molar-refractivity contribution in [2.45, 2.75) is 71.4 Å². The predicted octanol–water partition coefficient (Wildman–Crippen LogP) is 3.03. The van der Waals surface area contributed by atoms with Crippen molar-refractivity contribution < 1.29 is 0 Å². The Labute approximate surface area is 102 Å². The molecule has 0 aromatic carbocycles. The molecule has 16 heavy (non-hydrogen) atoms. The van der Waals surface area contributed by atoms with Crippen molar-refractivity contribution in [2.75, 3.05) is 19.6 Å². The molecule has 1 aliphatic rings. The summed E-state index contributed by atoms with van der Waals surface area (Å²) in [6.45, 7) is 10.7. The average molecular weight is 226 g/mol. The fraction of sp³-hybridized carbons (Fsp3) is 1.00. The number of likely N-dealkylation sites (tertiary alicyclic amines) is 1. The molecule has 96 valence electrons. The quantitative estimate of drug-likeness (QED) is 0.718. The van der Waals surface area contributed by atoms with Crippen LogP contribution in [0.4, 0.5) is 0 Å². The third-order valence-electron chi connectivity index (χ3n) is 3.82. The van der Waals surface area contributed by atoms with E-state index in [1.54, 1.807) is 0 Å². The van der Waals surface area contributed by atoms with Crippen LogP contribution in [-0.4, -0.2) is 36.6 Å². The Morgan fingerprint density at radius 1 is 1.12 bits per heavy atom. The van der Waals surface area contributed by atoms with Gasteiger partial charge in [0.2, 0.25) is 0 Å². The SMILES string of the molecule is CCCNC1CCN(C(CC)CCC)CC1. The molecule has 0 radical (unpaired) electrons. The number of nitrogens with zero attached hydrogens (tertiary/aromatic N) is 1. The summed E-state index contributed by atoms with van der Waals surface area (Å²) in [5, 5.41) is 3.65. The summed E-state index contributed by atoms with van der Waals surface area (Å²) in [4.78, 5) is 2.72. The highest BCUT2D eigenvalue weighted by molar-refractivity contribution is 4.80. The van der Waals surface area contributed by atoms with Gasteiger partial charge in [-0.3, -0.25) is 0 Å². The Bertz CT molecular complexity index is 162. The van der Waals surface area contributed by atoms with Gasteiger partial charge in [-0.15, -0.1) is 0 Å². The first kappa shape index (κ1) is 14.0. The van der Waals surface area contributed by atoms with Gasteiger partial charge in [0, 0.05) is 12.1 Å². The number of hydrogen-bond donors (Lipinski definition) is 1. The second-order valence-corrected chi connectivity index (χ2v) is 5.12. The highest BCUT2D eigenvalue weighted by atomic mass is 15.2. The second-order valence-electron chi connectivity index (χ2n) is 5.12. The van der Waals surface area contributed by atoms with Crippen LogP contribution in [0.3, 0.4) is 0 Å². The summed E-state index contributed by atoms with van der Waals surface area (Å²) in [5.41, 5.74) is 0. The molecular formula is C14H30N2. The standard InChI is InChI=1S/C14H30N2/c1-4-7-14(6-3)16-11-8-13(9-12-16)15-10-5-2/h13-15H,4-12H2,1-3H3. The molecule has 1 N–H and O–H groups in total. The lowest BCUT2D eigenvalue weighted by atomic mass is 10.00. The van der Waals surface area contributed by atoms with Crippen molar-refractivity contribution in [1.29, 1.82) is 0 Å². The molecule has 0 aromatic rings. The van der Waals surface area contributed by atoms with E-state index in [4.69, 9.17) is 0 Å². The van der Waals surface area contributed by atoms with Crippen LogP contribution < -0.4 is 5.32 Å². The van der Waals surface area contributed by atoms with Crippen LogP contribution in [0.1, 0.15) is 59.3 Å². The molecule has 1 saturated heterocycles. The molecule has 0 saturated carbocycles. The van der Waals surface area contributed by atoms with Gasteiger partial charge < -0.3 is 10.2 Å². The summed E-state index contributed by atoms with van der Waals surface area (Å²) in [6, 6.07) is 1.63. The zero-order valence-electron chi connectivity index (χ0n) is 11.5. The molecule has 1 aliphatic heterocycles. The van der Waals surface area contributed by atoms with Gasteiger partial charge in [-0.1, -0.05) is 27.2 Å². The van der Waals surface area contributed by atoms with E-state index in [0.29, 0.717) is 0 Å². The molecule has 1 unspecified atom stereocenters. The van der Waals surface area contributed by atoms with Crippen molar-refractivity contribution in [3.8, 4) is 0 Å². The van der Waals surface area contributed by atoms with Crippen LogP contribution in [0.2, 0.25) is 0 Å². The van der Waals surface area contributed by atoms with Crippen molar-refractivity contribution in [3.05, 3.63) is 0 Å². The zero-order chi connectivity index (χ0) is 11.8. The van der Waals surface area contributed by atoms with E-state index in [9.17, 15) is 0 Å². The highest BCUT2D eigenvalue weighted by Gasteiger charge is 2.22. The normalized spacial score (nSPS) is 21.2. The Kier molecular flexibility index (Phi) is 7.06. The Morgan fingerprint density at radius 2 is 1.81 bits per heavy atom. The Morgan fingerprint density at radius 3 is 2.31 bits per heavy atom. The fourth-order valence-corrected chi connectivity index (χ4v) is 2.80. The Hall–Kier alpha value is -0.0800. The summed E-state index contributed by atoms with van der Waals surface area (Å²) in [6.07, 6.45) is 7.98. The number of rotatable bonds is 7. The first-order valence-corrected chi connectivity index (χ1v) is 7.29. The number of piperidine rings is 1. The smallest absolute Gasteiger partial charge is 0.00925 e. The molecular weight excluding hydrogens is 196 g/mol. The molecule has 2 nitrogen and oxygen atoms in total. The minimum absolute atomic E-state index is 0.787. The van der Waals surface area contributed by atoms with Crippen molar-refractivity contribution in [2.24, 2.45) is 0 Å². The molecule has 1 rings (SSSR count). The van der Waals surface area contributed by atoms with E-state index in [1.807, 2.05) is 0 Å². The van der Waals surface area contributed by atoms with Crippen LogP contribution >= 0.6 is 0 Å². The van der Waals surface area contributed by atoms with Gasteiger partial charge in [0.15, 0.2) is 0 Å². The highest BCUT2D eigenvalue weighted by Crippen LogP contribution is 2.18. The zero-order valence-corrected chi connectivity index (χ0v) is 11.5. The van der Waals surface area contributed by atoms with Crippen LogP contribution in [0.5, 0.6) is 0 Å². The van der Waals surface area contributed by atoms with Gasteiger partial charge in [-0.05, 0) is 51.7 Å². The van der Waals surface area contributed by atoms with Gasteiger partial charge in [-0.25, -0.2) is 0 Å². The first-order chi connectivity index (χ1) is 7.81. The van der Waals surface area contributed by atoms with Crippen molar-refractivity contribution in [1.82, 2.24) is 10.2 Å². The maximum absolute atomic E-state index is 3.65. The van der Waals surface area contributed by atoms with Crippen LogP contribution in [0, 0.1) is 0 Å². The molecule has 1 atom stereocenters. The van der Waals surface area contributed by atoms with Crippen LogP contribution in [0.15, 0.2) is 0 Å². The first-order valence-electron chi connectivity index (χ1n) is 7.29. The molecule has 1 fully saturated rings. The maximum atomic E-state index is 3.65. The molecule has 1 heterocycles. The number of hydrogen-bond acceptors (Lipinski definition) is 2. The Balaban J connectivity index is 2.24. The lowest BCUT2D eigenvalue weighted by Crippen LogP contribution is -2.46. The molecule has 0 spiro atoms. The van der Waals surface area contributed by atoms with E-state index >= 15 is 0 Å². The monoisotopic (exact) mass is 226 g/mol. The van der Waals surface area contributed by atoms with Gasteiger partial charge in [0.25, 0.3) is 0 Å². The molecule has 0 amide bonds. The van der Waals surface area contributed by atoms with Gasteiger partial charge in [0.1, 0.15) is 0 Å². The van der Waals surface area contributed by atoms with Crippen LogP contribution in [-0.2, 0) is 0 Å². The van der Waals surface area contributed by atoms with Crippen molar-refractivity contribution in [3.63, 3.8) is 0 Å². The molecule has 0 aromatic heterocycles. The van der Waals surface area contributed by atoms with E-state index in [2.05, 4.69) is 31.0 Å². The molecule has 0 bridgehead atoms. The van der Waals surface area contributed by atoms with E-state index in [0.717, 1.165) is 12.1 Å². The lowest BCUT2D eigenvalue weighted by Gasteiger charge is -2.37. The van der Waals surface area contributed by atoms with Gasteiger partial charge in [-0.2, -0.15) is 0 Å². The predicted molar refractivity (Wildman–Crippen MR) is 71.9 cm³/mol. The van der Waals surface area contributed by atoms with E-state index in [1.165, 1.54) is 58.2 Å². The van der Waals surface area contributed by atoms with Crippen molar-refractivity contribution >= 4 is 0 Å². The van der Waals surface area contributed by atoms with Gasteiger partial charge >= 0.3 is 0 Å². The van der Waals surface area contributed by atoms with Gasteiger partial charge in [0.05, 0.1) is 0 Å². The molecule has 0 aliphatic carbocycles. The average Bonchev–Trinajstić information content (AvgIpc) is 2.34. The molecule has 2 heteroatoms. The summed E-state index contributed by atoms with van der Waals surface area (Å²) in [7, 11) is 0. The van der Waals surface area contributed by atoms with E-state index in [-0.39, 0.29) is 0 Å². The van der Waals surface area contributed by atoms with E-state index < -0.39 is 0 Å². The minimum atomic E-state index is 0.787. The minimum Gasteiger partial charge on any atom is -0.314 e.